The van der Waals surface area contributed by atoms with Crippen molar-refractivity contribution in [2.45, 2.75) is 35.3 Å². The van der Waals surface area contributed by atoms with Gasteiger partial charge in [-0.15, -0.1) is 5.10 Å². The van der Waals surface area contributed by atoms with E-state index >= 15 is 0 Å². The molecule has 0 aromatic carbocycles. The van der Waals surface area contributed by atoms with Crippen LogP contribution < -0.4 is 21.1 Å². The summed E-state index contributed by atoms with van der Waals surface area (Å²) in [6.45, 7) is 2.59. The molecule has 3 aromatic rings. The van der Waals surface area contributed by atoms with Gasteiger partial charge in [-0.2, -0.15) is 0 Å². The van der Waals surface area contributed by atoms with Crippen LogP contribution in [0.25, 0.3) is 0 Å². The highest BCUT2D eigenvalue weighted by atomic mass is 35.5. The topological polar surface area (TPSA) is 121 Å². The van der Waals surface area contributed by atoms with Crippen molar-refractivity contribution < 1.29 is 4.74 Å². The van der Waals surface area contributed by atoms with Crippen LogP contribution in [0.2, 0.25) is 5.02 Å². The third-order valence-electron chi connectivity index (χ3n) is 6.23. The molecular weight excluding hydrogens is 436 g/mol. The lowest BCUT2D eigenvalue weighted by Crippen LogP contribution is -2.45. The van der Waals surface area contributed by atoms with Gasteiger partial charge in [0.25, 0.3) is 0 Å². The van der Waals surface area contributed by atoms with Crippen molar-refractivity contribution in [3.63, 3.8) is 0 Å². The zero-order valence-electron chi connectivity index (χ0n) is 17.0. The Hall–Kier alpha value is -2.56. The van der Waals surface area contributed by atoms with Crippen LogP contribution >= 0.6 is 23.4 Å². The second-order valence-electron chi connectivity index (χ2n) is 7.92. The normalized spacial score (nSPS) is 19.6. The lowest BCUT2D eigenvalue weighted by molar-refractivity contribution is 0.169. The monoisotopic (exact) mass is 458 g/mol. The van der Waals surface area contributed by atoms with Gasteiger partial charge in [-0.1, -0.05) is 23.4 Å². The van der Waals surface area contributed by atoms with E-state index in [0.29, 0.717) is 16.7 Å². The predicted molar refractivity (Wildman–Crippen MR) is 119 cm³/mol. The molecule has 9 nitrogen and oxygen atoms in total. The molecule has 31 heavy (non-hydrogen) atoms. The lowest BCUT2D eigenvalue weighted by Gasteiger charge is -2.41. The molecule has 4 N–H and O–H groups in total. The number of anilines is 2. The first kappa shape index (κ1) is 20.3. The number of nitrogen functional groups attached to an aromatic ring is 1. The number of nitrogens with zero attached hydrogens (tertiary/aromatic N) is 6. The number of aromatic nitrogens is 5. The summed E-state index contributed by atoms with van der Waals surface area (Å²) in [5, 5.41) is 5.68. The molecule has 1 saturated heterocycles. The Morgan fingerprint density at radius 2 is 2.03 bits per heavy atom. The van der Waals surface area contributed by atoms with Crippen LogP contribution in [0.15, 0.2) is 40.6 Å². The van der Waals surface area contributed by atoms with Gasteiger partial charge < -0.3 is 21.1 Å². The Morgan fingerprint density at radius 1 is 1.23 bits per heavy atom. The van der Waals surface area contributed by atoms with E-state index in [0.717, 1.165) is 53.9 Å². The van der Waals surface area contributed by atoms with Crippen LogP contribution in [-0.4, -0.2) is 44.9 Å². The number of ether oxygens (including phenoxy) is 1. The number of methoxy groups -OCH3 is 1. The van der Waals surface area contributed by atoms with Crippen LogP contribution in [0.3, 0.4) is 0 Å². The Morgan fingerprint density at radius 3 is 2.71 bits per heavy atom. The quantitative estimate of drug-likeness (QED) is 0.607. The number of hydrogen-bond acceptors (Lipinski definition) is 9. The highest BCUT2D eigenvalue weighted by molar-refractivity contribution is 7.99. The summed E-state index contributed by atoms with van der Waals surface area (Å²) in [4.78, 5) is 16.2. The summed E-state index contributed by atoms with van der Waals surface area (Å²) >= 11 is 7.64. The molecular formula is C20H23ClN8OS. The van der Waals surface area contributed by atoms with E-state index < -0.39 is 0 Å². The molecule has 162 valence electrons. The molecule has 3 aromatic heterocycles. The summed E-state index contributed by atoms with van der Waals surface area (Å²) in [6, 6.07) is 3.73. The smallest absolute Gasteiger partial charge is 0.232 e. The molecule has 2 aliphatic rings. The van der Waals surface area contributed by atoms with E-state index in [1.165, 1.54) is 11.8 Å². The summed E-state index contributed by atoms with van der Waals surface area (Å²) in [7, 11) is 1.63. The fourth-order valence-corrected chi connectivity index (χ4v) is 5.39. The van der Waals surface area contributed by atoms with E-state index in [4.69, 9.17) is 27.8 Å². The van der Waals surface area contributed by atoms with E-state index in [1.807, 2.05) is 23.0 Å². The van der Waals surface area contributed by atoms with Gasteiger partial charge in [-0.25, -0.2) is 15.0 Å². The largest absolute Gasteiger partial charge is 0.480 e. The van der Waals surface area contributed by atoms with Crippen molar-refractivity contribution in [3.05, 3.63) is 41.4 Å². The maximum atomic E-state index is 6.63. The molecule has 0 amide bonds. The summed E-state index contributed by atoms with van der Waals surface area (Å²) < 4.78 is 7.24. The fraction of sp³-hybridized carbons (Fsp3) is 0.400. The fourth-order valence-electron chi connectivity index (χ4n) is 4.40. The summed E-state index contributed by atoms with van der Waals surface area (Å²) in [5.41, 5.74) is 13.5. The second kappa shape index (κ2) is 7.85. The Balaban J connectivity index is 1.24. The molecule has 0 radical (unpaired) electrons. The number of piperidine rings is 1. The van der Waals surface area contributed by atoms with Gasteiger partial charge in [0.15, 0.2) is 0 Å². The number of rotatable bonds is 4. The molecule has 0 unspecified atom stereocenters. The molecule has 1 atom stereocenters. The summed E-state index contributed by atoms with van der Waals surface area (Å²) in [5.74, 6) is 1.80. The van der Waals surface area contributed by atoms with Gasteiger partial charge in [-0.3, -0.25) is 4.68 Å². The molecule has 0 aliphatic carbocycles. The molecule has 1 fully saturated rings. The molecule has 1 spiro atoms. The minimum Gasteiger partial charge on any atom is -0.480 e. The summed E-state index contributed by atoms with van der Waals surface area (Å²) in [6.07, 6.45) is 7.16. The van der Waals surface area contributed by atoms with Gasteiger partial charge in [0, 0.05) is 42.2 Å². The Kier molecular flexibility index (Phi) is 5.15. The standard InChI is InChI=1S/C20H23ClN8OS/c1-30-15-8-12-18(22)20(11-29(12)27-15)3-6-28(7-4-20)14-9-26-16(10-25-14)31-13-2-5-24-19(23)17(13)21/h2,5,8-10,18H,3-4,6-7,11,22H2,1H3,(H2,23,24)/t18-/m1/s1. The lowest BCUT2D eigenvalue weighted by atomic mass is 9.73. The average Bonchev–Trinajstić information content (AvgIpc) is 3.29. The van der Waals surface area contributed by atoms with Crippen molar-refractivity contribution in [3.8, 4) is 5.88 Å². The number of fused-ring (bicyclic) bond motifs is 1. The highest BCUT2D eigenvalue weighted by Gasteiger charge is 2.47. The molecule has 5 rings (SSSR count). The van der Waals surface area contributed by atoms with Gasteiger partial charge in [0.05, 0.1) is 36.3 Å². The van der Waals surface area contributed by atoms with Crippen LogP contribution in [0, 0.1) is 5.41 Å². The molecule has 2 aliphatic heterocycles. The average molecular weight is 459 g/mol. The first-order valence-electron chi connectivity index (χ1n) is 10.0. The van der Waals surface area contributed by atoms with E-state index in [9.17, 15) is 0 Å². The van der Waals surface area contributed by atoms with Crippen molar-refractivity contribution in [1.29, 1.82) is 0 Å². The van der Waals surface area contributed by atoms with Crippen molar-refractivity contribution >= 4 is 35.0 Å². The van der Waals surface area contributed by atoms with Crippen LogP contribution in [0.1, 0.15) is 24.6 Å². The minimum absolute atomic E-state index is 0.0338. The van der Waals surface area contributed by atoms with E-state index in [1.54, 1.807) is 19.5 Å². The van der Waals surface area contributed by atoms with Gasteiger partial charge >= 0.3 is 0 Å². The SMILES string of the molecule is COc1cc2n(n1)CC1(CCN(c3cnc(Sc4ccnc(N)c4Cl)cn3)CC1)[C@@H]2N. The Labute approximate surface area is 189 Å². The van der Waals surface area contributed by atoms with Gasteiger partial charge in [-0.05, 0) is 18.9 Å². The first-order valence-corrected chi connectivity index (χ1v) is 11.2. The second-order valence-corrected chi connectivity index (χ2v) is 9.36. The number of nitrogens with two attached hydrogens (primary N) is 2. The van der Waals surface area contributed by atoms with Crippen LogP contribution in [0.4, 0.5) is 11.6 Å². The van der Waals surface area contributed by atoms with Crippen LogP contribution in [0.5, 0.6) is 5.88 Å². The number of halogens is 1. The minimum atomic E-state index is -0.0338. The van der Waals surface area contributed by atoms with Crippen LogP contribution in [-0.2, 0) is 6.54 Å². The number of hydrogen-bond donors (Lipinski definition) is 2. The molecule has 0 saturated carbocycles. The number of pyridine rings is 1. The first-order chi connectivity index (χ1) is 15.0. The van der Waals surface area contributed by atoms with Gasteiger partial charge in [0.2, 0.25) is 5.88 Å². The molecule has 0 bridgehead atoms. The van der Waals surface area contributed by atoms with Crippen molar-refractivity contribution in [2.75, 3.05) is 30.8 Å². The van der Waals surface area contributed by atoms with Gasteiger partial charge in [0.1, 0.15) is 16.7 Å². The third kappa shape index (κ3) is 3.58. The van der Waals surface area contributed by atoms with Crippen molar-refractivity contribution in [2.24, 2.45) is 11.1 Å². The molecule has 5 heterocycles. The Bertz CT molecular complexity index is 1100. The van der Waals surface area contributed by atoms with E-state index in [2.05, 4.69) is 25.0 Å². The zero-order valence-corrected chi connectivity index (χ0v) is 18.6. The maximum Gasteiger partial charge on any atom is 0.232 e. The maximum absolute atomic E-state index is 6.63. The van der Waals surface area contributed by atoms with Crippen molar-refractivity contribution in [1.82, 2.24) is 24.7 Å². The third-order valence-corrected chi connectivity index (χ3v) is 7.72. The van der Waals surface area contributed by atoms with E-state index in [-0.39, 0.29) is 11.5 Å². The highest BCUT2D eigenvalue weighted by Crippen LogP contribution is 2.48. The molecule has 11 heteroatoms. The zero-order chi connectivity index (χ0) is 21.6. The predicted octanol–water partition coefficient (Wildman–Crippen LogP) is 2.76.